The first-order chi connectivity index (χ1) is 19.3. The van der Waals surface area contributed by atoms with Gasteiger partial charge in [-0.05, 0) is 66.4 Å². The third-order valence-corrected chi connectivity index (χ3v) is 9.54. The van der Waals surface area contributed by atoms with Crippen LogP contribution < -0.4 is 16.4 Å². The van der Waals surface area contributed by atoms with Crippen molar-refractivity contribution in [2.45, 2.75) is 91.5 Å². The first-order valence-electron chi connectivity index (χ1n) is 14.8. The van der Waals surface area contributed by atoms with E-state index in [9.17, 15) is 24.0 Å². The quantitative estimate of drug-likeness (QED) is 0.349. The largest absolute Gasteiger partial charge is 0.446 e. The summed E-state index contributed by atoms with van der Waals surface area (Å²) in [7, 11) is 0. The summed E-state index contributed by atoms with van der Waals surface area (Å²) in [6, 6.07) is 5.20. The van der Waals surface area contributed by atoms with Gasteiger partial charge in [-0.3, -0.25) is 19.2 Å². The Morgan fingerprint density at radius 3 is 2.20 bits per heavy atom. The van der Waals surface area contributed by atoms with Gasteiger partial charge in [0.2, 0.25) is 17.6 Å². The molecule has 0 spiro atoms. The molecule has 1 aromatic rings. The number of hydrogen-bond donors (Lipinski definition) is 3. The molecule has 0 radical (unpaired) electrons. The van der Waals surface area contributed by atoms with Crippen molar-refractivity contribution in [2.75, 3.05) is 6.54 Å². The number of ether oxygens (including phenoxy) is 1. The molecule has 41 heavy (non-hydrogen) atoms. The van der Waals surface area contributed by atoms with Crippen LogP contribution in [0.4, 0.5) is 4.79 Å². The van der Waals surface area contributed by atoms with Crippen molar-refractivity contribution in [3.63, 3.8) is 0 Å². The van der Waals surface area contributed by atoms with Gasteiger partial charge in [0.15, 0.2) is 0 Å². The highest BCUT2D eigenvalue weighted by Crippen LogP contribution is 2.65. The van der Waals surface area contributed by atoms with Crippen LogP contribution in [0.1, 0.15) is 65.5 Å². The van der Waals surface area contributed by atoms with Gasteiger partial charge in [0, 0.05) is 6.54 Å². The van der Waals surface area contributed by atoms with Crippen molar-refractivity contribution in [2.24, 2.45) is 34.8 Å². The van der Waals surface area contributed by atoms with Crippen molar-refractivity contribution in [1.29, 1.82) is 0 Å². The van der Waals surface area contributed by atoms with Crippen LogP contribution in [0.3, 0.4) is 0 Å². The summed E-state index contributed by atoms with van der Waals surface area (Å²) in [5.41, 5.74) is 7.34. The second-order valence-electron chi connectivity index (χ2n) is 12.9. The lowest BCUT2D eigenvalue weighted by atomic mass is 9.93. The molecular formula is C31H44N4O6. The summed E-state index contributed by atoms with van der Waals surface area (Å²) in [5, 5.41) is 5.59. The summed E-state index contributed by atoms with van der Waals surface area (Å²) in [6.45, 7) is 12.0. The topological polar surface area (TPSA) is 148 Å². The van der Waals surface area contributed by atoms with Gasteiger partial charge in [-0.2, -0.15) is 0 Å². The Morgan fingerprint density at radius 2 is 1.66 bits per heavy atom. The highest BCUT2D eigenvalue weighted by Gasteiger charge is 2.69. The van der Waals surface area contributed by atoms with Gasteiger partial charge >= 0.3 is 6.09 Å². The van der Waals surface area contributed by atoms with Gasteiger partial charge in [-0.25, -0.2) is 4.79 Å². The van der Waals surface area contributed by atoms with Crippen molar-refractivity contribution >= 4 is 29.6 Å². The number of hydrogen-bond acceptors (Lipinski definition) is 6. The van der Waals surface area contributed by atoms with E-state index in [0.29, 0.717) is 25.8 Å². The molecule has 3 aliphatic rings. The van der Waals surface area contributed by atoms with Crippen LogP contribution in [0, 0.1) is 29.1 Å². The fraction of sp³-hybridized carbons (Fsp3) is 0.645. The third-order valence-electron chi connectivity index (χ3n) is 9.54. The fourth-order valence-corrected chi connectivity index (χ4v) is 6.65. The normalized spacial score (nSPS) is 24.6. The molecule has 1 saturated heterocycles. The molecule has 5 unspecified atom stereocenters. The van der Waals surface area contributed by atoms with Crippen LogP contribution in [0.5, 0.6) is 0 Å². The third kappa shape index (κ3) is 6.11. The number of nitrogens with zero attached hydrogens (tertiary/aromatic N) is 1. The lowest BCUT2D eigenvalue weighted by Gasteiger charge is -2.35. The van der Waals surface area contributed by atoms with E-state index in [1.807, 2.05) is 52.0 Å². The highest BCUT2D eigenvalue weighted by atomic mass is 16.6. The molecular weight excluding hydrogens is 524 g/mol. The van der Waals surface area contributed by atoms with Crippen LogP contribution in [0.25, 0.3) is 0 Å². The molecule has 4 amide bonds. The van der Waals surface area contributed by atoms with Gasteiger partial charge in [0.1, 0.15) is 18.2 Å². The van der Waals surface area contributed by atoms with E-state index in [1.165, 1.54) is 0 Å². The number of nitrogens with two attached hydrogens (primary N) is 1. The Bertz CT molecular complexity index is 1190. The Kier molecular flexibility index (Phi) is 8.80. The number of primary amides is 1. The number of fused-ring (bicyclic) bond motifs is 2. The minimum absolute atomic E-state index is 0.103. The summed E-state index contributed by atoms with van der Waals surface area (Å²) >= 11 is 0. The number of rotatable bonds is 11. The average Bonchev–Trinajstić information content (AvgIpc) is 3.29. The van der Waals surface area contributed by atoms with Crippen molar-refractivity contribution in [3.05, 3.63) is 35.4 Å². The molecule has 1 aromatic carbocycles. The maximum absolute atomic E-state index is 14.3. The van der Waals surface area contributed by atoms with E-state index < -0.39 is 41.8 Å². The Balaban J connectivity index is 1.60. The molecule has 4 rings (SSSR count). The lowest BCUT2D eigenvalue weighted by Crippen LogP contribution is -2.59. The summed E-state index contributed by atoms with van der Waals surface area (Å²) in [4.78, 5) is 66.7. The Labute approximate surface area is 242 Å². The molecule has 2 aliphatic carbocycles. The van der Waals surface area contributed by atoms with Gasteiger partial charge in [0.25, 0.3) is 5.91 Å². The summed E-state index contributed by atoms with van der Waals surface area (Å²) in [6.07, 6.45) is 1.03. The van der Waals surface area contributed by atoms with Crippen molar-refractivity contribution in [1.82, 2.24) is 15.5 Å². The van der Waals surface area contributed by atoms with E-state index in [4.69, 9.17) is 10.5 Å². The standard InChI is InChI=1S/C31H44N4O6/c1-7-10-22(26(36)27(32)37)33-28(38)25-23-21(31(23,5)6)15-35(25)29(39)24(34-30(40)41-17(4)16(2)3)20-13-18-11-8-9-12-19(18)14-20/h8-9,11-12,16-17,20-25H,7,10,13-15H2,1-6H3,(H2,32,37)(H,33,38)(H,34,40)/t17-,21?,22?,23?,24?,25?/m1/s1. The van der Waals surface area contributed by atoms with Gasteiger partial charge in [-0.1, -0.05) is 65.3 Å². The molecule has 224 valence electrons. The number of ketones is 1. The number of carbonyl (C=O) groups is 5. The van der Waals surface area contributed by atoms with Gasteiger partial charge < -0.3 is 26.0 Å². The zero-order valence-corrected chi connectivity index (χ0v) is 24.9. The molecule has 10 nitrogen and oxygen atoms in total. The van der Waals surface area contributed by atoms with E-state index in [-0.39, 0.29) is 47.5 Å². The number of piperidine rings is 1. The Morgan fingerprint density at radius 1 is 1.05 bits per heavy atom. The number of alkyl carbamates (subject to hydrolysis) is 1. The Hall–Kier alpha value is -3.43. The van der Waals surface area contributed by atoms with E-state index in [0.717, 1.165) is 11.1 Å². The van der Waals surface area contributed by atoms with Gasteiger partial charge in [0.05, 0.1) is 6.04 Å². The van der Waals surface area contributed by atoms with Crippen LogP contribution in [-0.2, 0) is 36.8 Å². The zero-order valence-electron chi connectivity index (χ0n) is 24.9. The predicted molar refractivity (Wildman–Crippen MR) is 152 cm³/mol. The average molecular weight is 569 g/mol. The maximum atomic E-state index is 14.3. The number of benzene rings is 1. The molecule has 6 atom stereocenters. The van der Waals surface area contributed by atoms with E-state index >= 15 is 0 Å². The van der Waals surface area contributed by atoms with Crippen molar-refractivity contribution in [3.8, 4) is 0 Å². The van der Waals surface area contributed by atoms with Crippen LogP contribution in [0.15, 0.2) is 24.3 Å². The number of amides is 4. The van der Waals surface area contributed by atoms with Crippen LogP contribution in [-0.4, -0.2) is 65.3 Å². The second kappa shape index (κ2) is 11.8. The first kappa shape index (κ1) is 30.5. The molecule has 0 aromatic heterocycles. The lowest BCUT2D eigenvalue weighted by molar-refractivity contribution is -0.144. The van der Waals surface area contributed by atoms with Gasteiger partial charge in [-0.15, -0.1) is 0 Å². The van der Waals surface area contributed by atoms with Crippen LogP contribution in [0.2, 0.25) is 0 Å². The number of nitrogens with one attached hydrogen (secondary N) is 2. The molecule has 1 heterocycles. The predicted octanol–water partition coefficient (Wildman–Crippen LogP) is 2.36. The molecule has 10 heteroatoms. The number of likely N-dealkylation sites (tertiary alicyclic amines) is 1. The summed E-state index contributed by atoms with van der Waals surface area (Å²) in [5.74, 6) is -2.88. The first-order valence-corrected chi connectivity index (χ1v) is 14.8. The molecule has 1 saturated carbocycles. The zero-order chi connectivity index (χ0) is 30.2. The van der Waals surface area contributed by atoms with E-state index in [2.05, 4.69) is 24.5 Å². The number of Topliss-reactive ketones (excluding diaryl/α,β-unsaturated/α-hetero) is 1. The molecule has 0 bridgehead atoms. The maximum Gasteiger partial charge on any atom is 0.408 e. The molecule has 1 aliphatic heterocycles. The second-order valence-corrected chi connectivity index (χ2v) is 12.9. The minimum atomic E-state index is -1.10. The molecule has 2 fully saturated rings. The minimum Gasteiger partial charge on any atom is -0.446 e. The molecule has 4 N–H and O–H groups in total. The smallest absolute Gasteiger partial charge is 0.408 e. The van der Waals surface area contributed by atoms with Crippen molar-refractivity contribution < 1.29 is 28.7 Å². The summed E-state index contributed by atoms with van der Waals surface area (Å²) < 4.78 is 5.58. The fourth-order valence-electron chi connectivity index (χ4n) is 6.65. The number of carbonyl (C=O) groups excluding carboxylic acids is 5. The van der Waals surface area contributed by atoms with Crippen LogP contribution >= 0.6 is 0 Å². The highest BCUT2D eigenvalue weighted by molar-refractivity contribution is 6.37. The monoisotopic (exact) mass is 568 g/mol. The van der Waals surface area contributed by atoms with E-state index in [1.54, 1.807) is 4.90 Å². The SMILES string of the molecule is CCCC(NC(=O)C1C2C(CN1C(=O)C(NC(=O)O[C@H](C)C(C)C)C1Cc3ccccc3C1)C2(C)C)C(=O)C(N)=O.